The molecular weight excluding hydrogens is 312 g/mol. The topological polar surface area (TPSA) is 40.6 Å². The lowest BCUT2D eigenvalue weighted by Crippen LogP contribution is -2.50. The number of carbonyl (C=O) groups is 2. The van der Waals surface area contributed by atoms with Gasteiger partial charge in [-0.1, -0.05) is 48.0 Å². The molecule has 3 rings (SSSR count). The molecule has 0 atom stereocenters. The summed E-state index contributed by atoms with van der Waals surface area (Å²) in [5.74, 6) is 0.222. The second kappa shape index (κ2) is 7.97. The first-order valence-corrected chi connectivity index (χ1v) is 8.81. The van der Waals surface area contributed by atoms with Crippen molar-refractivity contribution >= 4 is 11.8 Å². The summed E-state index contributed by atoms with van der Waals surface area (Å²) in [6, 6.07) is 17.6. The van der Waals surface area contributed by atoms with Gasteiger partial charge in [0, 0.05) is 38.2 Å². The van der Waals surface area contributed by atoms with E-state index in [-0.39, 0.29) is 11.8 Å². The van der Waals surface area contributed by atoms with Crippen LogP contribution in [0, 0.1) is 6.92 Å². The van der Waals surface area contributed by atoms with Gasteiger partial charge in [0.2, 0.25) is 5.91 Å². The van der Waals surface area contributed by atoms with Gasteiger partial charge in [-0.05, 0) is 31.0 Å². The first-order chi connectivity index (χ1) is 12.1. The number of nitrogens with zero attached hydrogens (tertiary/aromatic N) is 2. The number of piperazine rings is 1. The normalized spacial score (nSPS) is 14.4. The Morgan fingerprint density at radius 3 is 2.08 bits per heavy atom. The molecule has 0 unspecified atom stereocenters. The SMILES string of the molecule is Cc1ccc(CCC(=O)N2CCN(C(=O)c3ccccc3)CC2)cc1. The maximum absolute atomic E-state index is 12.4. The van der Waals surface area contributed by atoms with Crippen molar-refractivity contribution in [2.45, 2.75) is 19.8 Å². The molecule has 1 heterocycles. The molecule has 1 saturated heterocycles. The maximum atomic E-state index is 12.4. The predicted molar refractivity (Wildman–Crippen MR) is 98.4 cm³/mol. The first-order valence-electron chi connectivity index (χ1n) is 8.81. The molecule has 0 saturated carbocycles. The third kappa shape index (κ3) is 4.47. The van der Waals surface area contributed by atoms with E-state index in [2.05, 4.69) is 31.2 Å². The fourth-order valence-corrected chi connectivity index (χ4v) is 3.09. The van der Waals surface area contributed by atoms with Crippen molar-refractivity contribution in [1.29, 1.82) is 0 Å². The van der Waals surface area contributed by atoms with Gasteiger partial charge in [0.1, 0.15) is 0 Å². The van der Waals surface area contributed by atoms with Crippen molar-refractivity contribution in [1.82, 2.24) is 9.80 Å². The quantitative estimate of drug-likeness (QED) is 0.861. The number of benzene rings is 2. The van der Waals surface area contributed by atoms with Crippen LogP contribution in [0.15, 0.2) is 54.6 Å². The van der Waals surface area contributed by atoms with Crippen LogP contribution in [-0.4, -0.2) is 47.8 Å². The third-order valence-electron chi connectivity index (χ3n) is 4.69. The summed E-state index contributed by atoms with van der Waals surface area (Å²) in [5, 5.41) is 0. The van der Waals surface area contributed by atoms with Gasteiger partial charge in [-0.3, -0.25) is 9.59 Å². The summed E-state index contributed by atoms with van der Waals surface area (Å²) < 4.78 is 0. The van der Waals surface area contributed by atoms with Crippen LogP contribution in [0.5, 0.6) is 0 Å². The molecule has 1 fully saturated rings. The predicted octanol–water partition coefficient (Wildman–Crippen LogP) is 2.91. The molecule has 4 nitrogen and oxygen atoms in total. The molecule has 1 aliphatic rings. The van der Waals surface area contributed by atoms with Crippen LogP contribution in [-0.2, 0) is 11.2 Å². The molecule has 4 heteroatoms. The van der Waals surface area contributed by atoms with Crippen LogP contribution in [0.4, 0.5) is 0 Å². The Morgan fingerprint density at radius 1 is 0.840 bits per heavy atom. The Morgan fingerprint density at radius 2 is 1.44 bits per heavy atom. The zero-order chi connectivity index (χ0) is 17.6. The van der Waals surface area contributed by atoms with Crippen molar-refractivity contribution in [3.63, 3.8) is 0 Å². The van der Waals surface area contributed by atoms with E-state index in [9.17, 15) is 9.59 Å². The average molecular weight is 336 g/mol. The van der Waals surface area contributed by atoms with E-state index in [1.165, 1.54) is 11.1 Å². The fourth-order valence-electron chi connectivity index (χ4n) is 3.09. The van der Waals surface area contributed by atoms with E-state index in [0.29, 0.717) is 38.2 Å². The van der Waals surface area contributed by atoms with Crippen LogP contribution in [0.3, 0.4) is 0 Å². The monoisotopic (exact) mass is 336 g/mol. The summed E-state index contributed by atoms with van der Waals surface area (Å²) in [7, 11) is 0. The molecule has 2 aromatic rings. The zero-order valence-corrected chi connectivity index (χ0v) is 14.6. The molecule has 25 heavy (non-hydrogen) atoms. The molecule has 1 aliphatic heterocycles. The average Bonchev–Trinajstić information content (AvgIpc) is 2.67. The van der Waals surface area contributed by atoms with Gasteiger partial charge in [0.05, 0.1) is 0 Å². The van der Waals surface area contributed by atoms with Crippen molar-refractivity contribution in [3.8, 4) is 0 Å². The summed E-state index contributed by atoms with van der Waals surface area (Å²) in [6.07, 6.45) is 1.29. The van der Waals surface area contributed by atoms with E-state index in [1.54, 1.807) is 0 Å². The number of hydrogen-bond acceptors (Lipinski definition) is 2. The number of aryl methyl sites for hydroxylation is 2. The first kappa shape index (κ1) is 17.2. The number of carbonyl (C=O) groups excluding carboxylic acids is 2. The van der Waals surface area contributed by atoms with Gasteiger partial charge in [0.15, 0.2) is 0 Å². The lowest BCUT2D eigenvalue weighted by atomic mass is 10.1. The van der Waals surface area contributed by atoms with Gasteiger partial charge in [-0.25, -0.2) is 0 Å². The minimum absolute atomic E-state index is 0.0485. The lowest BCUT2D eigenvalue weighted by molar-refractivity contribution is -0.132. The highest BCUT2D eigenvalue weighted by molar-refractivity contribution is 5.94. The van der Waals surface area contributed by atoms with E-state index >= 15 is 0 Å². The largest absolute Gasteiger partial charge is 0.339 e. The smallest absolute Gasteiger partial charge is 0.253 e. The second-order valence-corrected chi connectivity index (χ2v) is 6.52. The minimum Gasteiger partial charge on any atom is -0.339 e. The molecule has 0 radical (unpaired) electrons. The summed E-state index contributed by atoms with van der Waals surface area (Å²) >= 11 is 0. The van der Waals surface area contributed by atoms with E-state index < -0.39 is 0 Å². The van der Waals surface area contributed by atoms with Crippen molar-refractivity contribution in [2.24, 2.45) is 0 Å². The van der Waals surface area contributed by atoms with Crippen LogP contribution in [0.25, 0.3) is 0 Å². The Hall–Kier alpha value is -2.62. The Labute approximate surface area is 149 Å². The van der Waals surface area contributed by atoms with E-state index in [1.807, 2.05) is 40.1 Å². The summed E-state index contributed by atoms with van der Waals surface area (Å²) in [4.78, 5) is 28.6. The van der Waals surface area contributed by atoms with Gasteiger partial charge >= 0.3 is 0 Å². The van der Waals surface area contributed by atoms with Crippen LogP contribution >= 0.6 is 0 Å². The Balaban J connectivity index is 1.47. The standard InChI is InChI=1S/C21H24N2O2/c1-17-7-9-18(10-8-17)11-12-20(24)22-13-15-23(16-14-22)21(25)19-5-3-2-4-6-19/h2-10H,11-16H2,1H3. The van der Waals surface area contributed by atoms with Crippen LogP contribution < -0.4 is 0 Å². The van der Waals surface area contributed by atoms with Gasteiger partial charge in [-0.2, -0.15) is 0 Å². The molecule has 0 aromatic heterocycles. The summed E-state index contributed by atoms with van der Waals surface area (Å²) in [5.41, 5.74) is 3.13. The van der Waals surface area contributed by atoms with Crippen LogP contribution in [0.2, 0.25) is 0 Å². The van der Waals surface area contributed by atoms with E-state index in [4.69, 9.17) is 0 Å². The zero-order valence-electron chi connectivity index (χ0n) is 14.6. The Bertz CT molecular complexity index is 717. The fraction of sp³-hybridized carbons (Fsp3) is 0.333. The molecular formula is C21H24N2O2. The molecule has 2 aromatic carbocycles. The van der Waals surface area contributed by atoms with Gasteiger partial charge < -0.3 is 9.80 Å². The Kier molecular flexibility index (Phi) is 5.49. The van der Waals surface area contributed by atoms with Crippen molar-refractivity contribution < 1.29 is 9.59 Å². The molecule has 0 bridgehead atoms. The molecule has 0 spiro atoms. The molecule has 0 aliphatic carbocycles. The van der Waals surface area contributed by atoms with E-state index in [0.717, 1.165) is 6.42 Å². The third-order valence-corrected chi connectivity index (χ3v) is 4.69. The van der Waals surface area contributed by atoms with Crippen molar-refractivity contribution in [2.75, 3.05) is 26.2 Å². The second-order valence-electron chi connectivity index (χ2n) is 6.52. The summed E-state index contributed by atoms with van der Waals surface area (Å²) in [6.45, 7) is 4.50. The minimum atomic E-state index is 0.0485. The highest BCUT2D eigenvalue weighted by Gasteiger charge is 2.24. The lowest BCUT2D eigenvalue weighted by Gasteiger charge is -2.35. The van der Waals surface area contributed by atoms with Crippen molar-refractivity contribution in [3.05, 3.63) is 71.3 Å². The van der Waals surface area contributed by atoms with Gasteiger partial charge in [-0.15, -0.1) is 0 Å². The number of amides is 2. The molecule has 2 amide bonds. The molecule has 130 valence electrons. The number of rotatable bonds is 4. The highest BCUT2D eigenvalue weighted by Crippen LogP contribution is 2.11. The molecule has 0 N–H and O–H groups in total. The highest BCUT2D eigenvalue weighted by atomic mass is 16.2. The van der Waals surface area contributed by atoms with Gasteiger partial charge in [0.25, 0.3) is 5.91 Å². The van der Waals surface area contributed by atoms with Crippen LogP contribution in [0.1, 0.15) is 27.9 Å². The maximum Gasteiger partial charge on any atom is 0.253 e. The number of hydrogen-bond donors (Lipinski definition) is 0.